The Hall–Kier alpha value is -1.86. The number of aromatic nitrogens is 1. The Morgan fingerprint density at radius 1 is 1.25 bits per heavy atom. The second kappa shape index (κ2) is 9.56. The molecule has 0 radical (unpaired) electrons. The van der Waals surface area contributed by atoms with Crippen molar-refractivity contribution >= 4 is 11.8 Å². The molecule has 3 atom stereocenters. The van der Waals surface area contributed by atoms with E-state index in [4.69, 9.17) is 9.47 Å². The lowest BCUT2D eigenvalue weighted by Crippen LogP contribution is -2.54. The van der Waals surface area contributed by atoms with Gasteiger partial charge in [-0.2, -0.15) is 0 Å². The van der Waals surface area contributed by atoms with Crippen molar-refractivity contribution < 1.29 is 19.1 Å². The van der Waals surface area contributed by atoms with E-state index in [0.29, 0.717) is 19.1 Å². The Bertz CT molecular complexity index is 668. The van der Waals surface area contributed by atoms with E-state index in [0.717, 1.165) is 25.0 Å². The van der Waals surface area contributed by atoms with Gasteiger partial charge in [-0.25, -0.2) is 0 Å². The maximum absolute atomic E-state index is 13.3. The second-order valence-corrected chi connectivity index (χ2v) is 7.73. The number of rotatable bonds is 8. The topological polar surface area (TPSA) is 72.8 Å². The third-order valence-electron chi connectivity index (χ3n) is 5.82. The number of nitrogens with zero attached hydrogens (tertiary/aromatic N) is 2. The Kier molecular flexibility index (Phi) is 7.13. The van der Waals surface area contributed by atoms with E-state index >= 15 is 0 Å². The van der Waals surface area contributed by atoms with Crippen molar-refractivity contribution in [2.24, 2.45) is 5.92 Å². The molecule has 0 aromatic carbocycles. The smallest absolute Gasteiger partial charge is 0.249 e. The molecule has 0 bridgehead atoms. The van der Waals surface area contributed by atoms with Gasteiger partial charge in [0.05, 0.1) is 12.2 Å². The number of nitrogens with one attached hydrogen (secondary N) is 1. The first-order chi connectivity index (χ1) is 13.5. The summed E-state index contributed by atoms with van der Waals surface area (Å²) in [4.78, 5) is 27.8. The van der Waals surface area contributed by atoms with Gasteiger partial charge in [0.1, 0.15) is 6.54 Å². The molecule has 3 rings (SSSR count). The molecule has 1 aliphatic heterocycles. The number of hydrogen-bond donors (Lipinski definition) is 1. The summed E-state index contributed by atoms with van der Waals surface area (Å²) in [5.74, 6) is 0.250. The van der Waals surface area contributed by atoms with E-state index in [-0.39, 0.29) is 30.9 Å². The molecule has 7 nitrogen and oxygen atoms in total. The zero-order valence-corrected chi connectivity index (χ0v) is 17.2. The maximum Gasteiger partial charge on any atom is 0.249 e. The van der Waals surface area contributed by atoms with E-state index in [9.17, 15) is 9.59 Å². The van der Waals surface area contributed by atoms with Crippen LogP contribution in [0.5, 0.6) is 0 Å². The van der Waals surface area contributed by atoms with Crippen LogP contribution in [0.25, 0.3) is 0 Å². The summed E-state index contributed by atoms with van der Waals surface area (Å²) in [6.07, 6.45) is 5.80. The molecule has 1 N–H and O–H groups in total. The predicted octanol–water partition coefficient (Wildman–Crippen LogP) is 2.47. The lowest BCUT2D eigenvalue weighted by Gasteiger charge is -2.39. The van der Waals surface area contributed by atoms with Gasteiger partial charge in [0.25, 0.3) is 0 Å². The van der Waals surface area contributed by atoms with Crippen LogP contribution in [0, 0.1) is 5.92 Å². The van der Waals surface area contributed by atoms with Crippen LogP contribution in [0.1, 0.15) is 58.2 Å². The van der Waals surface area contributed by atoms with E-state index in [1.807, 2.05) is 36.7 Å². The van der Waals surface area contributed by atoms with Gasteiger partial charge in [0.2, 0.25) is 11.8 Å². The molecule has 7 heteroatoms. The van der Waals surface area contributed by atoms with Gasteiger partial charge in [-0.3, -0.25) is 9.59 Å². The van der Waals surface area contributed by atoms with Gasteiger partial charge in [-0.05, 0) is 44.7 Å². The van der Waals surface area contributed by atoms with Crippen LogP contribution in [0.2, 0.25) is 0 Å². The number of carbonyl (C=O) groups is 2. The average molecular weight is 392 g/mol. The fourth-order valence-electron chi connectivity index (χ4n) is 4.32. The van der Waals surface area contributed by atoms with Crippen LogP contribution < -0.4 is 5.32 Å². The van der Waals surface area contributed by atoms with Crippen LogP contribution in [-0.4, -0.2) is 53.4 Å². The van der Waals surface area contributed by atoms with Crippen molar-refractivity contribution in [3.05, 3.63) is 24.0 Å². The number of carbonyl (C=O) groups excluding carboxylic acids is 2. The molecule has 28 heavy (non-hydrogen) atoms. The fourth-order valence-corrected chi connectivity index (χ4v) is 4.32. The summed E-state index contributed by atoms with van der Waals surface area (Å²) < 4.78 is 13.2. The zero-order valence-electron chi connectivity index (χ0n) is 17.2. The highest BCUT2D eigenvalue weighted by atomic mass is 16.7. The van der Waals surface area contributed by atoms with Crippen LogP contribution in [0.4, 0.5) is 0 Å². The van der Waals surface area contributed by atoms with Crippen molar-refractivity contribution in [3.8, 4) is 0 Å². The summed E-state index contributed by atoms with van der Waals surface area (Å²) in [6.45, 7) is 7.42. The highest BCUT2D eigenvalue weighted by Crippen LogP contribution is 2.30. The van der Waals surface area contributed by atoms with E-state index < -0.39 is 12.3 Å². The summed E-state index contributed by atoms with van der Waals surface area (Å²) >= 11 is 0. The molecule has 1 aromatic rings. The third-order valence-corrected chi connectivity index (χ3v) is 5.82. The van der Waals surface area contributed by atoms with Gasteiger partial charge < -0.3 is 24.3 Å². The summed E-state index contributed by atoms with van der Waals surface area (Å²) in [5.41, 5.74) is 0.840. The first-order valence-corrected chi connectivity index (χ1v) is 10.5. The lowest BCUT2D eigenvalue weighted by atomic mass is 9.85. The highest BCUT2D eigenvalue weighted by molar-refractivity contribution is 5.90. The van der Waals surface area contributed by atoms with Gasteiger partial charge in [-0.15, -0.1) is 0 Å². The normalized spacial score (nSPS) is 25.1. The van der Waals surface area contributed by atoms with Crippen molar-refractivity contribution in [2.75, 3.05) is 19.8 Å². The second-order valence-electron chi connectivity index (χ2n) is 7.73. The van der Waals surface area contributed by atoms with Crippen molar-refractivity contribution in [2.45, 2.75) is 71.4 Å². The molecular formula is C21H33N3O4. The SMILES string of the molecule is CCOC(CN1C(=O)Cn2cccc2[C@@H]1C(=O)N[C@@H]1CCCC[C@H]1C)OCC. The molecular weight excluding hydrogens is 358 g/mol. The van der Waals surface area contributed by atoms with Crippen molar-refractivity contribution in [1.29, 1.82) is 0 Å². The Morgan fingerprint density at radius 2 is 1.96 bits per heavy atom. The first kappa shape index (κ1) is 20.9. The van der Waals surface area contributed by atoms with Crippen molar-refractivity contribution in [3.63, 3.8) is 0 Å². The Morgan fingerprint density at radius 3 is 2.64 bits per heavy atom. The number of ether oxygens (including phenoxy) is 2. The highest BCUT2D eigenvalue weighted by Gasteiger charge is 2.39. The van der Waals surface area contributed by atoms with Crippen LogP contribution in [0.3, 0.4) is 0 Å². The lowest BCUT2D eigenvalue weighted by molar-refractivity contribution is -0.168. The molecule has 0 unspecified atom stereocenters. The Labute approximate surface area is 167 Å². The molecule has 1 aliphatic carbocycles. The number of amides is 2. The molecule has 2 heterocycles. The van der Waals surface area contributed by atoms with E-state index in [1.54, 1.807) is 4.90 Å². The zero-order chi connectivity index (χ0) is 20.1. The molecule has 1 aromatic heterocycles. The molecule has 0 saturated heterocycles. The molecule has 2 amide bonds. The molecule has 156 valence electrons. The first-order valence-electron chi connectivity index (χ1n) is 10.5. The van der Waals surface area contributed by atoms with E-state index in [2.05, 4.69) is 12.2 Å². The quantitative estimate of drug-likeness (QED) is 0.691. The largest absolute Gasteiger partial charge is 0.351 e. The minimum absolute atomic E-state index is 0.0926. The van der Waals surface area contributed by atoms with Crippen LogP contribution >= 0.6 is 0 Å². The average Bonchev–Trinajstić information content (AvgIpc) is 3.12. The maximum atomic E-state index is 13.3. The fraction of sp³-hybridized carbons (Fsp3) is 0.714. The minimum Gasteiger partial charge on any atom is -0.351 e. The van der Waals surface area contributed by atoms with Crippen LogP contribution in [-0.2, 0) is 25.6 Å². The predicted molar refractivity (Wildman–Crippen MR) is 105 cm³/mol. The molecule has 2 aliphatic rings. The van der Waals surface area contributed by atoms with E-state index in [1.165, 1.54) is 6.42 Å². The summed E-state index contributed by atoms with van der Waals surface area (Å²) in [7, 11) is 0. The summed E-state index contributed by atoms with van der Waals surface area (Å²) in [6, 6.07) is 3.31. The molecule has 0 spiro atoms. The molecule has 1 saturated carbocycles. The van der Waals surface area contributed by atoms with Gasteiger partial charge in [-0.1, -0.05) is 19.8 Å². The number of fused-ring (bicyclic) bond motifs is 1. The number of hydrogen-bond acceptors (Lipinski definition) is 4. The third kappa shape index (κ3) is 4.58. The molecule has 1 fully saturated rings. The van der Waals surface area contributed by atoms with Crippen LogP contribution in [0.15, 0.2) is 18.3 Å². The minimum atomic E-state index is -0.659. The summed E-state index contributed by atoms with van der Waals surface area (Å²) in [5, 5.41) is 3.23. The van der Waals surface area contributed by atoms with Gasteiger partial charge in [0.15, 0.2) is 12.3 Å². The standard InChI is InChI=1S/C21H33N3O4/c1-4-27-19(28-5-2)14-24-18(25)13-23-12-8-11-17(23)20(24)21(26)22-16-10-7-6-9-15(16)3/h8,11-12,15-16,19-20H,4-7,9-10,13-14H2,1-3H3,(H,22,26)/t15-,16-,20-/m1/s1. The Balaban J connectivity index is 1.82. The van der Waals surface area contributed by atoms with Crippen molar-refractivity contribution in [1.82, 2.24) is 14.8 Å². The monoisotopic (exact) mass is 391 g/mol. The van der Waals surface area contributed by atoms with Gasteiger partial charge >= 0.3 is 0 Å². The van der Waals surface area contributed by atoms with Gasteiger partial charge in [0, 0.05) is 25.5 Å².